The molecule has 5 nitrogen and oxygen atoms in total. The molecule has 0 aliphatic carbocycles. The summed E-state index contributed by atoms with van der Waals surface area (Å²) in [5.74, 6) is 4.03. The maximum Gasteiger partial charge on any atom is 0.253 e. The predicted octanol–water partition coefficient (Wildman–Crippen LogP) is 2.11. The van der Waals surface area contributed by atoms with Gasteiger partial charge in [-0.2, -0.15) is 11.8 Å². The van der Waals surface area contributed by atoms with Gasteiger partial charge >= 0.3 is 0 Å². The standard InChI is InChI=1S/C18H24N2O3S/c21-18(14-1-2-16-17(13-14)23-10-9-22-16)20-5-3-15(4-6-20)19-7-11-24-12-8-19/h1-2,13,15H,3-12H2. The van der Waals surface area contributed by atoms with Crippen LogP contribution in [0.15, 0.2) is 18.2 Å². The van der Waals surface area contributed by atoms with E-state index in [1.165, 1.54) is 24.6 Å². The van der Waals surface area contributed by atoms with Gasteiger partial charge in [-0.25, -0.2) is 0 Å². The molecule has 1 aromatic carbocycles. The molecule has 4 rings (SSSR count). The molecular weight excluding hydrogens is 324 g/mol. The van der Waals surface area contributed by atoms with Gasteiger partial charge in [0.25, 0.3) is 5.91 Å². The molecule has 0 saturated carbocycles. The summed E-state index contributed by atoms with van der Waals surface area (Å²) in [6, 6.07) is 6.17. The van der Waals surface area contributed by atoms with Crippen LogP contribution in [-0.4, -0.2) is 72.6 Å². The molecule has 1 aromatic rings. The predicted molar refractivity (Wildman–Crippen MR) is 95.3 cm³/mol. The fourth-order valence-corrected chi connectivity index (χ4v) is 4.67. The summed E-state index contributed by atoms with van der Waals surface area (Å²) >= 11 is 2.05. The number of carbonyl (C=O) groups excluding carboxylic acids is 1. The molecule has 1 amide bonds. The lowest BCUT2D eigenvalue weighted by Gasteiger charge is -2.40. The Hall–Kier alpha value is -1.40. The van der Waals surface area contributed by atoms with Gasteiger partial charge < -0.3 is 14.4 Å². The largest absolute Gasteiger partial charge is 0.486 e. The van der Waals surface area contributed by atoms with E-state index in [-0.39, 0.29) is 5.91 Å². The fraction of sp³-hybridized carbons (Fsp3) is 0.611. The van der Waals surface area contributed by atoms with Crippen molar-refractivity contribution in [3.8, 4) is 11.5 Å². The Balaban J connectivity index is 1.37. The van der Waals surface area contributed by atoms with Gasteiger partial charge in [0.15, 0.2) is 11.5 Å². The summed E-state index contributed by atoms with van der Waals surface area (Å²) in [5.41, 5.74) is 0.701. The van der Waals surface area contributed by atoms with Crippen LogP contribution in [0, 0.1) is 0 Å². The first-order valence-corrected chi connectivity index (χ1v) is 9.97. The highest BCUT2D eigenvalue weighted by atomic mass is 32.2. The average Bonchev–Trinajstić information content (AvgIpc) is 2.68. The van der Waals surface area contributed by atoms with Crippen LogP contribution in [0.1, 0.15) is 23.2 Å². The van der Waals surface area contributed by atoms with Gasteiger partial charge in [-0.05, 0) is 31.0 Å². The highest BCUT2D eigenvalue weighted by molar-refractivity contribution is 7.99. The summed E-state index contributed by atoms with van der Waals surface area (Å²) in [5, 5.41) is 0. The van der Waals surface area contributed by atoms with Crippen LogP contribution in [0.4, 0.5) is 0 Å². The zero-order valence-corrected chi connectivity index (χ0v) is 14.7. The van der Waals surface area contributed by atoms with Crippen LogP contribution in [0.25, 0.3) is 0 Å². The van der Waals surface area contributed by atoms with Crippen molar-refractivity contribution in [3.63, 3.8) is 0 Å². The van der Waals surface area contributed by atoms with E-state index in [2.05, 4.69) is 4.90 Å². The molecule has 0 atom stereocenters. The summed E-state index contributed by atoms with van der Waals surface area (Å²) in [6.45, 7) is 5.22. The van der Waals surface area contributed by atoms with E-state index in [0.29, 0.717) is 30.6 Å². The zero-order chi connectivity index (χ0) is 16.4. The van der Waals surface area contributed by atoms with Crippen LogP contribution < -0.4 is 9.47 Å². The summed E-state index contributed by atoms with van der Waals surface area (Å²) in [4.78, 5) is 17.4. The van der Waals surface area contributed by atoms with Crippen molar-refractivity contribution in [1.29, 1.82) is 0 Å². The maximum absolute atomic E-state index is 12.8. The minimum atomic E-state index is 0.111. The molecule has 0 spiro atoms. The lowest BCUT2D eigenvalue weighted by Crippen LogP contribution is -2.49. The Morgan fingerprint density at radius 2 is 1.71 bits per heavy atom. The molecule has 3 aliphatic heterocycles. The second-order valence-electron chi connectivity index (χ2n) is 6.53. The van der Waals surface area contributed by atoms with Crippen molar-refractivity contribution in [1.82, 2.24) is 9.80 Å². The molecule has 0 radical (unpaired) electrons. The van der Waals surface area contributed by atoms with E-state index < -0.39 is 0 Å². The smallest absolute Gasteiger partial charge is 0.253 e. The van der Waals surface area contributed by atoms with Gasteiger partial charge in [0, 0.05) is 49.3 Å². The molecule has 2 fully saturated rings. The van der Waals surface area contributed by atoms with Gasteiger partial charge in [-0.15, -0.1) is 0 Å². The van der Waals surface area contributed by atoms with Crippen molar-refractivity contribution in [2.45, 2.75) is 18.9 Å². The Morgan fingerprint density at radius 3 is 2.46 bits per heavy atom. The Kier molecular flexibility index (Phi) is 4.85. The lowest BCUT2D eigenvalue weighted by molar-refractivity contribution is 0.0630. The summed E-state index contributed by atoms with van der Waals surface area (Å²) in [6.07, 6.45) is 2.17. The molecule has 0 aromatic heterocycles. The Bertz CT molecular complexity index is 596. The first-order chi connectivity index (χ1) is 11.8. The third-order valence-corrected chi connectivity index (χ3v) is 6.05. The minimum absolute atomic E-state index is 0.111. The molecule has 0 bridgehead atoms. The number of nitrogens with zero attached hydrogens (tertiary/aromatic N) is 2. The van der Waals surface area contributed by atoms with Gasteiger partial charge in [-0.1, -0.05) is 0 Å². The molecule has 3 heterocycles. The quantitative estimate of drug-likeness (QED) is 0.819. The molecule has 2 saturated heterocycles. The topological polar surface area (TPSA) is 42.0 Å². The average molecular weight is 348 g/mol. The van der Waals surface area contributed by atoms with Crippen molar-refractivity contribution in [2.75, 3.05) is 50.9 Å². The number of rotatable bonds is 2. The third-order valence-electron chi connectivity index (χ3n) is 5.10. The molecule has 130 valence electrons. The minimum Gasteiger partial charge on any atom is -0.486 e. The summed E-state index contributed by atoms with van der Waals surface area (Å²) < 4.78 is 11.1. The van der Waals surface area contributed by atoms with Gasteiger partial charge in [-0.3, -0.25) is 9.69 Å². The number of likely N-dealkylation sites (tertiary alicyclic amines) is 1. The van der Waals surface area contributed by atoms with E-state index in [9.17, 15) is 4.79 Å². The Morgan fingerprint density at radius 1 is 1.00 bits per heavy atom. The van der Waals surface area contributed by atoms with Crippen molar-refractivity contribution < 1.29 is 14.3 Å². The van der Waals surface area contributed by atoms with Crippen LogP contribution in [0.2, 0.25) is 0 Å². The van der Waals surface area contributed by atoms with Crippen LogP contribution in [0.3, 0.4) is 0 Å². The molecule has 0 N–H and O–H groups in total. The van der Waals surface area contributed by atoms with E-state index in [1.54, 1.807) is 0 Å². The van der Waals surface area contributed by atoms with E-state index in [4.69, 9.17) is 9.47 Å². The first-order valence-electron chi connectivity index (χ1n) is 8.82. The van der Waals surface area contributed by atoms with E-state index in [1.807, 2.05) is 34.9 Å². The monoisotopic (exact) mass is 348 g/mol. The van der Waals surface area contributed by atoms with Crippen LogP contribution in [0.5, 0.6) is 11.5 Å². The van der Waals surface area contributed by atoms with Gasteiger partial charge in [0.2, 0.25) is 0 Å². The van der Waals surface area contributed by atoms with E-state index >= 15 is 0 Å². The number of benzene rings is 1. The third kappa shape index (κ3) is 3.35. The number of fused-ring (bicyclic) bond motifs is 1. The highest BCUT2D eigenvalue weighted by Gasteiger charge is 2.28. The normalized spacial score (nSPS) is 22.4. The van der Waals surface area contributed by atoms with Gasteiger partial charge in [0.1, 0.15) is 13.2 Å². The number of hydrogen-bond donors (Lipinski definition) is 0. The molecule has 24 heavy (non-hydrogen) atoms. The second-order valence-corrected chi connectivity index (χ2v) is 7.75. The molecule has 6 heteroatoms. The number of ether oxygens (including phenoxy) is 2. The number of carbonyl (C=O) groups is 1. The van der Waals surface area contributed by atoms with Crippen LogP contribution in [-0.2, 0) is 0 Å². The second kappa shape index (κ2) is 7.23. The number of hydrogen-bond acceptors (Lipinski definition) is 5. The number of piperidine rings is 1. The summed E-state index contributed by atoms with van der Waals surface area (Å²) in [7, 11) is 0. The van der Waals surface area contributed by atoms with Crippen molar-refractivity contribution >= 4 is 17.7 Å². The number of thioether (sulfide) groups is 1. The van der Waals surface area contributed by atoms with Crippen molar-refractivity contribution in [2.24, 2.45) is 0 Å². The molecular formula is C18H24N2O3S. The Labute approximate surface area is 147 Å². The number of amides is 1. The zero-order valence-electron chi connectivity index (χ0n) is 13.9. The SMILES string of the molecule is O=C(c1ccc2c(c1)OCCO2)N1CCC(N2CCSCC2)CC1. The first kappa shape index (κ1) is 16.1. The van der Waals surface area contributed by atoms with Crippen LogP contribution >= 0.6 is 11.8 Å². The maximum atomic E-state index is 12.8. The molecule has 3 aliphatic rings. The highest BCUT2D eigenvalue weighted by Crippen LogP contribution is 2.31. The fourth-order valence-electron chi connectivity index (χ4n) is 3.74. The lowest BCUT2D eigenvalue weighted by atomic mass is 10.0. The van der Waals surface area contributed by atoms with Gasteiger partial charge in [0.05, 0.1) is 0 Å². The molecule has 0 unspecified atom stereocenters. The van der Waals surface area contributed by atoms with E-state index in [0.717, 1.165) is 31.7 Å². The van der Waals surface area contributed by atoms with Crippen molar-refractivity contribution in [3.05, 3.63) is 23.8 Å².